The van der Waals surface area contributed by atoms with Crippen LogP contribution in [0.1, 0.15) is 24.8 Å². The fraction of sp³-hybridized carbons (Fsp3) is 0.462. The summed E-state index contributed by atoms with van der Waals surface area (Å²) in [5.74, 6) is 1.15. The lowest BCUT2D eigenvalue weighted by Gasteiger charge is -2.26. The number of ether oxygens (including phenoxy) is 1. The van der Waals surface area contributed by atoms with Gasteiger partial charge < -0.3 is 15.8 Å². The quantitative estimate of drug-likeness (QED) is 0.820. The van der Waals surface area contributed by atoms with Crippen LogP contribution in [-0.2, 0) is 4.79 Å². The third-order valence-electron chi connectivity index (χ3n) is 3.02. The molecule has 1 aliphatic rings. The average molecular weight is 234 g/mol. The molecule has 0 radical (unpaired) electrons. The number of carbonyl (C=O) groups excluding carboxylic acids is 1. The van der Waals surface area contributed by atoms with Crippen molar-refractivity contribution in [3.63, 3.8) is 0 Å². The van der Waals surface area contributed by atoms with E-state index in [0.717, 1.165) is 12.2 Å². The van der Waals surface area contributed by atoms with Crippen molar-refractivity contribution < 1.29 is 9.53 Å². The first-order valence-corrected chi connectivity index (χ1v) is 5.93. The molecule has 0 aliphatic carbocycles. The number of hydrogen-bond acceptors (Lipinski definition) is 3. The standard InChI is InChI=1S/C13H18N2O2/c1-9(14)13(16)15-8-10-6-7-17-12-5-3-2-4-11(10)12/h2-5,9-10H,6-8,14H2,1H3,(H,15,16)/t9-,10?/m0/s1. The van der Waals surface area contributed by atoms with Crippen LogP contribution in [0.5, 0.6) is 5.75 Å². The highest BCUT2D eigenvalue weighted by atomic mass is 16.5. The van der Waals surface area contributed by atoms with Crippen molar-refractivity contribution in [2.75, 3.05) is 13.2 Å². The minimum Gasteiger partial charge on any atom is -0.493 e. The number of para-hydroxylation sites is 1. The van der Waals surface area contributed by atoms with Crippen LogP contribution < -0.4 is 15.8 Å². The molecule has 1 aliphatic heterocycles. The summed E-state index contributed by atoms with van der Waals surface area (Å²) in [6.45, 7) is 3.02. The number of benzene rings is 1. The van der Waals surface area contributed by atoms with Crippen LogP contribution in [0.15, 0.2) is 24.3 Å². The van der Waals surface area contributed by atoms with Crippen molar-refractivity contribution >= 4 is 5.91 Å². The minimum atomic E-state index is -0.454. The fourth-order valence-corrected chi connectivity index (χ4v) is 2.01. The van der Waals surface area contributed by atoms with E-state index in [2.05, 4.69) is 11.4 Å². The number of fused-ring (bicyclic) bond motifs is 1. The monoisotopic (exact) mass is 234 g/mol. The van der Waals surface area contributed by atoms with Gasteiger partial charge in [0.15, 0.2) is 0 Å². The summed E-state index contributed by atoms with van der Waals surface area (Å²) in [6.07, 6.45) is 0.927. The van der Waals surface area contributed by atoms with Gasteiger partial charge >= 0.3 is 0 Å². The van der Waals surface area contributed by atoms with Gasteiger partial charge in [-0.05, 0) is 25.0 Å². The summed E-state index contributed by atoms with van der Waals surface area (Å²) in [4.78, 5) is 11.4. The molecule has 1 aromatic rings. The predicted octanol–water partition coefficient (Wildman–Crippen LogP) is 1.02. The molecule has 0 saturated carbocycles. The van der Waals surface area contributed by atoms with Crippen LogP contribution in [-0.4, -0.2) is 25.1 Å². The molecule has 0 spiro atoms. The molecule has 0 bridgehead atoms. The molecule has 1 amide bonds. The molecule has 2 rings (SSSR count). The Labute approximate surface area is 101 Å². The topological polar surface area (TPSA) is 64.4 Å². The molecule has 4 heteroatoms. The maximum Gasteiger partial charge on any atom is 0.236 e. The highest BCUT2D eigenvalue weighted by Gasteiger charge is 2.21. The number of rotatable bonds is 3. The Balaban J connectivity index is 2.01. The lowest BCUT2D eigenvalue weighted by Crippen LogP contribution is -2.40. The Morgan fingerprint density at radius 3 is 3.12 bits per heavy atom. The average Bonchev–Trinajstić information content (AvgIpc) is 2.35. The fourth-order valence-electron chi connectivity index (χ4n) is 2.01. The molecule has 2 atom stereocenters. The van der Waals surface area contributed by atoms with Crippen molar-refractivity contribution in [3.8, 4) is 5.75 Å². The summed E-state index contributed by atoms with van der Waals surface area (Å²) >= 11 is 0. The zero-order valence-corrected chi connectivity index (χ0v) is 9.98. The van der Waals surface area contributed by atoms with Crippen molar-refractivity contribution in [3.05, 3.63) is 29.8 Å². The molecule has 1 aromatic carbocycles. The highest BCUT2D eigenvalue weighted by molar-refractivity contribution is 5.81. The minimum absolute atomic E-state index is 0.103. The molecule has 4 nitrogen and oxygen atoms in total. The molecular weight excluding hydrogens is 216 g/mol. The van der Waals surface area contributed by atoms with Crippen LogP contribution in [0, 0.1) is 0 Å². The zero-order chi connectivity index (χ0) is 12.3. The largest absolute Gasteiger partial charge is 0.493 e. The van der Waals surface area contributed by atoms with E-state index in [-0.39, 0.29) is 5.91 Å². The van der Waals surface area contributed by atoms with Gasteiger partial charge in [0, 0.05) is 12.5 Å². The second-order valence-corrected chi connectivity index (χ2v) is 4.41. The Morgan fingerprint density at radius 2 is 2.35 bits per heavy atom. The van der Waals surface area contributed by atoms with Gasteiger partial charge in [-0.3, -0.25) is 4.79 Å². The van der Waals surface area contributed by atoms with E-state index in [4.69, 9.17) is 10.5 Å². The van der Waals surface area contributed by atoms with Gasteiger partial charge in [-0.25, -0.2) is 0 Å². The van der Waals surface area contributed by atoms with Gasteiger partial charge in [-0.15, -0.1) is 0 Å². The van der Waals surface area contributed by atoms with Crippen LogP contribution in [0.4, 0.5) is 0 Å². The Bertz CT molecular complexity index is 404. The molecule has 0 saturated heterocycles. The van der Waals surface area contributed by atoms with E-state index in [1.165, 1.54) is 5.56 Å². The molecule has 1 unspecified atom stereocenters. The van der Waals surface area contributed by atoms with Gasteiger partial charge in [0.25, 0.3) is 0 Å². The van der Waals surface area contributed by atoms with Gasteiger partial charge in [-0.2, -0.15) is 0 Å². The van der Waals surface area contributed by atoms with Crippen LogP contribution in [0.3, 0.4) is 0 Å². The van der Waals surface area contributed by atoms with E-state index in [0.29, 0.717) is 19.1 Å². The SMILES string of the molecule is C[C@H](N)C(=O)NCC1CCOc2ccccc21. The number of hydrogen-bond donors (Lipinski definition) is 2. The smallest absolute Gasteiger partial charge is 0.236 e. The first kappa shape index (κ1) is 11.9. The predicted molar refractivity (Wildman–Crippen MR) is 66.0 cm³/mol. The first-order chi connectivity index (χ1) is 8.18. The number of nitrogens with one attached hydrogen (secondary N) is 1. The lowest BCUT2D eigenvalue weighted by molar-refractivity contribution is -0.122. The normalized spacial score (nSPS) is 20.0. The summed E-state index contributed by atoms with van der Waals surface area (Å²) in [5.41, 5.74) is 6.68. The van der Waals surface area contributed by atoms with E-state index in [1.807, 2.05) is 18.2 Å². The van der Waals surface area contributed by atoms with Crippen molar-refractivity contribution in [1.29, 1.82) is 0 Å². The Hall–Kier alpha value is -1.55. The van der Waals surface area contributed by atoms with Crippen molar-refractivity contribution in [1.82, 2.24) is 5.32 Å². The number of carbonyl (C=O) groups is 1. The van der Waals surface area contributed by atoms with E-state index < -0.39 is 6.04 Å². The summed E-state index contributed by atoms with van der Waals surface area (Å²) in [5, 5.41) is 2.87. The lowest BCUT2D eigenvalue weighted by atomic mass is 9.93. The van der Waals surface area contributed by atoms with Gasteiger partial charge in [0.05, 0.1) is 12.6 Å². The maximum atomic E-state index is 11.4. The Morgan fingerprint density at radius 1 is 1.59 bits per heavy atom. The summed E-state index contributed by atoms with van der Waals surface area (Å²) in [6, 6.07) is 7.52. The van der Waals surface area contributed by atoms with Crippen LogP contribution in [0.25, 0.3) is 0 Å². The van der Waals surface area contributed by atoms with Crippen molar-refractivity contribution in [2.45, 2.75) is 25.3 Å². The molecule has 1 heterocycles. The second-order valence-electron chi connectivity index (χ2n) is 4.41. The molecule has 0 aromatic heterocycles. The second kappa shape index (κ2) is 5.19. The van der Waals surface area contributed by atoms with Crippen LogP contribution in [0.2, 0.25) is 0 Å². The summed E-state index contributed by atoms with van der Waals surface area (Å²) < 4.78 is 5.57. The zero-order valence-electron chi connectivity index (χ0n) is 9.98. The first-order valence-electron chi connectivity index (χ1n) is 5.93. The highest BCUT2D eigenvalue weighted by Crippen LogP contribution is 2.32. The van der Waals surface area contributed by atoms with Gasteiger partial charge in [0.2, 0.25) is 5.91 Å². The molecule has 17 heavy (non-hydrogen) atoms. The van der Waals surface area contributed by atoms with Gasteiger partial charge in [0.1, 0.15) is 5.75 Å². The molecule has 3 N–H and O–H groups in total. The third kappa shape index (κ3) is 2.77. The Kier molecular flexibility index (Phi) is 3.64. The maximum absolute atomic E-state index is 11.4. The van der Waals surface area contributed by atoms with E-state index in [1.54, 1.807) is 6.92 Å². The molecular formula is C13H18N2O2. The number of amides is 1. The van der Waals surface area contributed by atoms with E-state index >= 15 is 0 Å². The van der Waals surface area contributed by atoms with Crippen LogP contribution >= 0.6 is 0 Å². The van der Waals surface area contributed by atoms with E-state index in [9.17, 15) is 4.79 Å². The van der Waals surface area contributed by atoms with Crippen molar-refractivity contribution in [2.24, 2.45) is 5.73 Å². The molecule has 0 fully saturated rings. The molecule has 92 valence electrons. The summed E-state index contributed by atoms with van der Waals surface area (Å²) in [7, 11) is 0. The van der Waals surface area contributed by atoms with Gasteiger partial charge in [-0.1, -0.05) is 18.2 Å². The number of nitrogens with two attached hydrogens (primary N) is 1. The third-order valence-corrected chi connectivity index (χ3v) is 3.02.